The maximum Gasteiger partial charge on any atom is 0.247 e. The van der Waals surface area contributed by atoms with E-state index in [1.807, 2.05) is 0 Å². The predicted octanol–water partition coefficient (Wildman–Crippen LogP) is 0.823. The van der Waals surface area contributed by atoms with Crippen molar-refractivity contribution in [3.63, 3.8) is 0 Å². The number of ether oxygens (including phenoxy) is 2. The fourth-order valence-electron chi connectivity index (χ4n) is 2.69. The number of rotatable bonds is 4. The highest BCUT2D eigenvalue weighted by Gasteiger charge is 2.32. The molecule has 0 amide bonds. The fourth-order valence-corrected chi connectivity index (χ4v) is 4.23. The summed E-state index contributed by atoms with van der Waals surface area (Å²) < 4.78 is 37.7. The van der Waals surface area contributed by atoms with Crippen molar-refractivity contribution in [3.05, 3.63) is 35.8 Å². The SMILES string of the molecule is COc1ccc(S(=O)(=O)N2CCc3c(N)ncnc3C2)c(OC)c1. The fraction of sp³-hybridized carbons (Fsp3) is 0.333. The van der Waals surface area contributed by atoms with Gasteiger partial charge in [-0.15, -0.1) is 0 Å². The summed E-state index contributed by atoms with van der Waals surface area (Å²) in [4.78, 5) is 8.20. The molecule has 0 saturated heterocycles. The minimum absolute atomic E-state index is 0.0938. The van der Waals surface area contributed by atoms with Crippen molar-refractivity contribution in [1.82, 2.24) is 14.3 Å². The number of aromatic nitrogens is 2. The van der Waals surface area contributed by atoms with Gasteiger partial charge in [0.2, 0.25) is 10.0 Å². The van der Waals surface area contributed by atoms with Gasteiger partial charge in [-0.05, 0) is 18.6 Å². The van der Waals surface area contributed by atoms with Crippen molar-refractivity contribution in [1.29, 1.82) is 0 Å². The third-order valence-corrected chi connectivity index (χ3v) is 5.88. The lowest BCUT2D eigenvalue weighted by Crippen LogP contribution is -2.37. The Bertz CT molecular complexity index is 870. The van der Waals surface area contributed by atoms with Gasteiger partial charge in [0.15, 0.2) is 0 Å². The van der Waals surface area contributed by atoms with Gasteiger partial charge in [0.1, 0.15) is 28.5 Å². The quantitative estimate of drug-likeness (QED) is 0.870. The molecule has 0 fully saturated rings. The van der Waals surface area contributed by atoms with Gasteiger partial charge >= 0.3 is 0 Å². The van der Waals surface area contributed by atoms with Crippen LogP contribution in [0.25, 0.3) is 0 Å². The number of fused-ring (bicyclic) bond motifs is 1. The molecule has 9 heteroatoms. The van der Waals surface area contributed by atoms with Gasteiger partial charge in [0, 0.05) is 18.2 Å². The molecule has 2 N–H and O–H groups in total. The van der Waals surface area contributed by atoms with E-state index in [0.29, 0.717) is 30.2 Å². The lowest BCUT2D eigenvalue weighted by molar-refractivity contribution is 0.369. The molecule has 0 radical (unpaired) electrons. The monoisotopic (exact) mass is 350 g/mol. The first kappa shape index (κ1) is 16.5. The molecule has 1 aromatic heterocycles. The van der Waals surface area contributed by atoms with Crippen LogP contribution in [0.5, 0.6) is 11.5 Å². The lowest BCUT2D eigenvalue weighted by atomic mass is 10.1. The van der Waals surface area contributed by atoms with E-state index in [-0.39, 0.29) is 17.2 Å². The predicted molar refractivity (Wildman–Crippen MR) is 87.3 cm³/mol. The largest absolute Gasteiger partial charge is 0.497 e. The Morgan fingerprint density at radius 2 is 2.00 bits per heavy atom. The van der Waals surface area contributed by atoms with E-state index in [4.69, 9.17) is 15.2 Å². The molecule has 128 valence electrons. The van der Waals surface area contributed by atoms with Gasteiger partial charge in [-0.2, -0.15) is 4.31 Å². The van der Waals surface area contributed by atoms with Crippen molar-refractivity contribution >= 4 is 15.8 Å². The van der Waals surface area contributed by atoms with E-state index in [0.717, 1.165) is 5.56 Å². The molecule has 0 spiro atoms. The van der Waals surface area contributed by atoms with Crippen LogP contribution in [0, 0.1) is 0 Å². The first-order chi connectivity index (χ1) is 11.5. The van der Waals surface area contributed by atoms with Gasteiger partial charge in [-0.1, -0.05) is 0 Å². The molecule has 24 heavy (non-hydrogen) atoms. The summed E-state index contributed by atoms with van der Waals surface area (Å²) >= 11 is 0. The molecular weight excluding hydrogens is 332 g/mol. The first-order valence-electron chi connectivity index (χ1n) is 7.27. The lowest BCUT2D eigenvalue weighted by Gasteiger charge is -2.28. The Kier molecular flexibility index (Phi) is 4.29. The maximum atomic E-state index is 13.0. The summed E-state index contributed by atoms with van der Waals surface area (Å²) in [7, 11) is -0.801. The summed E-state index contributed by atoms with van der Waals surface area (Å²) in [5, 5.41) is 0. The van der Waals surface area contributed by atoms with Crippen LogP contribution in [0.4, 0.5) is 5.82 Å². The van der Waals surface area contributed by atoms with Crippen molar-refractivity contribution in [2.45, 2.75) is 17.9 Å². The van der Waals surface area contributed by atoms with Crippen LogP contribution in [-0.4, -0.2) is 43.5 Å². The van der Waals surface area contributed by atoms with Gasteiger partial charge in [-0.25, -0.2) is 18.4 Å². The summed E-state index contributed by atoms with van der Waals surface area (Å²) in [6, 6.07) is 4.62. The zero-order chi connectivity index (χ0) is 17.3. The Morgan fingerprint density at radius 3 is 2.71 bits per heavy atom. The number of hydrogen-bond acceptors (Lipinski definition) is 7. The summed E-state index contributed by atoms with van der Waals surface area (Å²) in [6.07, 6.45) is 1.82. The van der Waals surface area contributed by atoms with E-state index < -0.39 is 10.0 Å². The molecule has 0 saturated carbocycles. The van der Waals surface area contributed by atoms with E-state index in [1.54, 1.807) is 12.1 Å². The minimum atomic E-state index is -3.73. The summed E-state index contributed by atoms with van der Waals surface area (Å²) in [5.74, 6) is 1.16. The van der Waals surface area contributed by atoms with Crippen molar-refractivity contribution in [2.24, 2.45) is 0 Å². The van der Waals surface area contributed by atoms with E-state index in [2.05, 4.69) is 9.97 Å². The van der Waals surface area contributed by atoms with Crippen LogP contribution >= 0.6 is 0 Å². The third-order valence-electron chi connectivity index (χ3n) is 3.99. The second-order valence-corrected chi connectivity index (χ2v) is 7.20. The molecule has 3 rings (SSSR count). The number of benzene rings is 1. The summed E-state index contributed by atoms with van der Waals surface area (Å²) in [5.41, 5.74) is 7.27. The van der Waals surface area contributed by atoms with Crippen LogP contribution in [-0.2, 0) is 23.0 Å². The first-order valence-corrected chi connectivity index (χ1v) is 8.71. The minimum Gasteiger partial charge on any atom is -0.497 e. The van der Waals surface area contributed by atoms with Crippen LogP contribution in [0.2, 0.25) is 0 Å². The van der Waals surface area contributed by atoms with Gasteiger partial charge in [0.05, 0.1) is 26.5 Å². The standard InChI is InChI=1S/C15H18N4O4S/c1-22-10-3-4-14(13(7-10)23-2)24(20,21)19-6-5-11-12(8-19)17-9-18-15(11)16/h3-4,7,9H,5-6,8H2,1-2H3,(H2,16,17,18). The van der Waals surface area contributed by atoms with E-state index in [1.165, 1.54) is 30.9 Å². The number of nitrogens with two attached hydrogens (primary N) is 1. The molecule has 2 heterocycles. The molecule has 1 aromatic carbocycles. The average molecular weight is 350 g/mol. The van der Waals surface area contributed by atoms with Gasteiger partial charge in [-0.3, -0.25) is 0 Å². The molecule has 0 bridgehead atoms. The molecule has 2 aromatic rings. The Labute approximate surface area is 140 Å². The van der Waals surface area contributed by atoms with Crippen LogP contribution in [0.15, 0.2) is 29.4 Å². The highest BCUT2D eigenvalue weighted by Crippen LogP contribution is 2.33. The van der Waals surface area contributed by atoms with E-state index >= 15 is 0 Å². The van der Waals surface area contributed by atoms with Crippen LogP contribution in [0.1, 0.15) is 11.3 Å². The number of sulfonamides is 1. The topological polar surface area (TPSA) is 108 Å². The van der Waals surface area contributed by atoms with Gasteiger partial charge in [0.25, 0.3) is 0 Å². The third kappa shape index (κ3) is 2.76. The highest BCUT2D eigenvalue weighted by molar-refractivity contribution is 7.89. The summed E-state index contributed by atoms with van der Waals surface area (Å²) in [6.45, 7) is 0.460. The van der Waals surface area contributed by atoms with Crippen molar-refractivity contribution in [2.75, 3.05) is 26.5 Å². The van der Waals surface area contributed by atoms with Crippen molar-refractivity contribution in [3.8, 4) is 11.5 Å². The molecule has 0 unspecified atom stereocenters. The highest BCUT2D eigenvalue weighted by atomic mass is 32.2. The normalized spacial score (nSPS) is 14.9. The van der Waals surface area contributed by atoms with Gasteiger partial charge < -0.3 is 15.2 Å². The molecular formula is C15H18N4O4S. The smallest absolute Gasteiger partial charge is 0.247 e. The average Bonchev–Trinajstić information content (AvgIpc) is 2.61. The zero-order valence-corrected chi connectivity index (χ0v) is 14.2. The Hall–Kier alpha value is -2.39. The number of methoxy groups -OCH3 is 2. The maximum absolute atomic E-state index is 13.0. The second-order valence-electron chi connectivity index (χ2n) is 5.29. The zero-order valence-electron chi connectivity index (χ0n) is 13.4. The van der Waals surface area contributed by atoms with Crippen LogP contribution < -0.4 is 15.2 Å². The molecule has 1 aliphatic rings. The molecule has 0 aliphatic carbocycles. The van der Waals surface area contributed by atoms with Crippen LogP contribution in [0.3, 0.4) is 0 Å². The second kappa shape index (κ2) is 6.25. The molecule has 1 aliphatic heterocycles. The van der Waals surface area contributed by atoms with Crippen molar-refractivity contribution < 1.29 is 17.9 Å². The molecule has 8 nitrogen and oxygen atoms in total. The Morgan fingerprint density at radius 1 is 1.21 bits per heavy atom. The molecule has 0 atom stereocenters. The number of nitrogens with zero attached hydrogens (tertiary/aromatic N) is 3. The number of hydrogen-bond donors (Lipinski definition) is 1. The Balaban J connectivity index is 1.98. The van der Waals surface area contributed by atoms with E-state index in [9.17, 15) is 8.42 Å². The number of nitrogen functional groups attached to an aromatic ring is 1. The number of anilines is 1.